The van der Waals surface area contributed by atoms with E-state index in [4.69, 9.17) is 5.73 Å². The summed E-state index contributed by atoms with van der Waals surface area (Å²) in [5.74, 6) is 0.723. The summed E-state index contributed by atoms with van der Waals surface area (Å²) in [4.78, 5) is 8.82. The molecule has 1 heterocycles. The number of nitrogens with two attached hydrogens (primary N) is 1. The van der Waals surface area contributed by atoms with Gasteiger partial charge in [0.25, 0.3) is 0 Å². The monoisotopic (exact) mass is 274 g/mol. The van der Waals surface area contributed by atoms with E-state index >= 15 is 0 Å². The molecule has 0 fully saturated rings. The highest BCUT2D eigenvalue weighted by Gasteiger charge is 2.08. The first-order chi connectivity index (χ1) is 9.15. The molecule has 19 heavy (non-hydrogen) atoms. The number of rotatable bonds is 4. The van der Waals surface area contributed by atoms with Crippen LogP contribution in [-0.2, 0) is 0 Å². The second kappa shape index (κ2) is 6.33. The van der Waals surface area contributed by atoms with E-state index < -0.39 is 0 Å². The van der Waals surface area contributed by atoms with Crippen molar-refractivity contribution in [2.75, 3.05) is 11.9 Å². The van der Waals surface area contributed by atoms with Crippen LogP contribution < -0.4 is 11.1 Å². The smallest absolute Gasteiger partial charge is 0.193 e. The summed E-state index contributed by atoms with van der Waals surface area (Å²) in [6.45, 7) is 4.75. The van der Waals surface area contributed by atoms with E-state index in [0.717, 1.165) is 16.4 Å². The van der Waals surface area contributed by atoms with Gasteiger partial charge < -0.3 is 11.1 Å². The highest BCUT2D eigenvalue weighted by Crippen LogP contribution is 2.19. The first-order valence-electron chi connectivity index (χ1n) is 6.19. The van der Waals surface area contributed by atoms with Crippen LogP contribution in [-0.4, -0.2) is 17.5 Å². The number of nitrogens with zero attached hydrogens (tertiary/aromatic N) is 2. The van der Waals surface area contributed by atoms with Crippen molar-refractivity contribution in [2.45, 2.75) is 19.8 Å². The fraction of sp³-hybridized carbons (Fsp3) is 0.286. The molecule has 1 unspecified atom stereocenters. The quantitative estimate of drug-likeness (QED) is 0.665. The number of para-hydroxylation sites is 1. The first-order valence-corrected chi connectivity index (χ1v) is 7.07. The average Bonchev–Trinajstić information content (AvgIpc) is 2.84. The Morgan fingerprint density at radius 1 is 1.42 bits per heavy atom. The zero-order chi connectivity index (χ0) is 13.7. The SMILES string of the molecule is Cc1csc(C(C)CN=C(N)Nc2ccccc2)n1. The van der Waals surface area contributed by atoms with Crippen LogP contribution in [0.5, 0.6) is 0 Å². The minimum atomic E-state index is 0.287. The molecular weight excluding hydrogens is 256 g/mol. The fourth-order valence-electron chi connectivity index (χ4n) is 1.62. The number of hydrogen-bond donors (Lipinski definition) is 2. The Balaban J connectivity index is 1.91. The summed E-state index contributed by atoms with van der Waals surface area (Å²) < 4.78 is 0. The van der Waals surface area contributed by atoms with Crippen LogP contribution in [0.15, 0.2) is 40.7 Å². The van der Waals surface area contributed by atoms with Crippen molar-refractivity contribution in [1.29, 1.82) is 0 Å². The molecule has 0 aliphatic rings. The third kappa shape index (κ3) is 4.06. The molecule has 0 spiro atoms. The van der Waals surface area contributed by atoms with Crippen LogP contribution in [0.2, 0.25) is 0 Å². The molecule has 0 bridgehead atoms. The molecule has 0 aliphatic heterocycles. The lowest BCUT2D eigenvalue weighted by molar-refractivity contribution is 0.763. The number of anilines is 1. The Labute approximate surface area is 117 Å². The summed E-state index contributed by atoms with van der Waals surface area (Å²) >= 11 is 1.67. The lowest BCUT2D eigenvalue weighted by atomic mass is 10.2. The van der Waals surface area contributed by atoms with Crippen LogP contribution in [0.3, 0.4) is 0 Å². The van der Waals surface area contributed by atoms with Gasteiger partial charge in [-0.2, -0.15) is 0 Å². The van der Waals surface area contributed by atoms with Gasteiger partial charge in [-0.3, -0.25) is 4.99 Å². The number of nitrogens with one attached hydrogen (secondary N) is 1. The van der Waals surface area contributed by atoms with Crippen LogP contribution in [0.25, 0.3) is 0 Å². The molecule has 0 amide bonds. The van der Waals surface area contributed by atoms with Gasteiger partial charge in [-0.05, 0) is 19.1 Å². The van der Waals surface area contributed by atoms with Crippen LogP contribution in [0.1, 0.15) is 23.5 Å². The molecular formula is C14H18N4S. The zero-order valence-electron chi connectivity index (χ0n) is 11.1. The second-order valence-corrected chi connectivity index (χ2v) is 5.33. The lowest BCUT2D eigenvalue weighted by Gasteiger charge is -2.07. The van der Waals surface area contributed by atoms with E-state index in [1.807, 2.05) is 37.3 Å². The molecule has 2 aromatic rings. The summed E-state index contributed by atoms with van der Waals surface area (Å²) in [5, 5.41) is 6.23. The first kappa shape index (κ1) is 13.5. The molecule has 0 radical (unpaired) electrons. The molecule has 3 N–H and O–H groups in total. The van der Waals surface area contributed by atoms with Crippen LogP contribution >= 0.6 is 11.3 Å². The highest BCUT2D eigenvalue weighted by atomic mass is 32.1. The van der Waals surface area contributed by atoms with Gasteiger partial charge in [-0.1, -0.05) is 25.1 Å². The summed E-state index contributed by atoms with van der Waals surface area (Å²) in [6.07, 6.45) is 0. The van der Waals surface area contributed by atoms with Crippen molar-refractivity contribution < 1.29 is 0 Å². The van der Waals surface area contributed by atoms with Crippen molar-refractivity contribution in [3.63, 3.8) is 0 Å². The van der Waals surface area contributed by atoms with Gasteiger partial charge in [0.1, 0.15) is 0 Å². The van der Waals surface area contributed by atoms with Gasteiger partial charge in [0, 0.05) is 22.7 Å². The van der Waals surface area contributed by atoms with Crippen molar-refractivity contribution in [2.24, 2.45) is 10.7 Å². The Morgan fingerprint density at radius 3 is 2.79 bits per heavy atom. The number of benzene rings is 1. The van der Waals surface area contributed by atoms with E-state index in [2.05, 4.69) is 27.6 Å². The van der Waals surface area contributed by atoms with Crippen molar-refractivity contribution >= 4 is 23.0 Å². The Bertz CT molecular complexity index is 548. The molecule has 1 aromatic carbocycles. The maximum absolute atomic E-state index is 5.86. The topological polar surface area (TPSA) is 63.3 Å². The standard InChI is InChI=1S/C14H18N4S/c1-10(13-17-11(2)9-19-13)8-16-14(15)18-12-6-4-3-5-7-12/h3-7,9-10H,8H2,1-2H3,(H3,15,16,18). The van der Waals surface area contributed by atoms with E-state index in [9.17, 15) is 0 Å². The fourth-order valence-corrected chi connectivity index (χ4v) is 2.47. The van der Waals surface area contributed by atoms with Crippen LogP contribution in [0, 0.1) is 6.92 Å². The Hall–Kier alpha value is -1.88. The number of hydrogen-bond acceptors (Lipinski definition) is 3. The maximum Gasteiger partial charge on any atom is 0.193 e. The lowest BCUT2D eigenvalue weighted by Crippen LogP contribution is -2.23. The predicted molar refractivity (Wildman–Crippen MR) is 81.8 cm³/mol. The van der Waals surface area contributed by atoms with Gasteiger partial charge in [0.05, 0.1) is 11.6 Å². The predicted octanol–water partition coefficient (Wildman–Crippen LogP) is 2.98. The van der Waals surface area contributed by atoms with Crippen molar-refractivity contribution in [3.05, 3.63) is 46.4 Å². The minimum absolute atomic E-state index is 0.287. The van der Waals surface area contributed by atoms with Crippen LogP contribution in [0.4, 0.5) is 5.69 Å². The average molecular weight is 274 g/mol. The third-order valence-corrected chi connectivity index (χ3v) is 3.83. The van der Waals surface area contributed by atoms with Gasteiger partial charge in [0.2, 0.25) is 0 Å². The van der Waals surface area contributed by atoms with Gasteiger partial charge in [0.15, 0.2) is 5.96 Å². The zero-order valence-corrected chi connectivity index (χ0v) is 11.9. The minimum Gasteiger partial charge on any atom is -0.370 e. The number of aromatic nitrogens is 1. The molecule has 5 heteroatoms. The summed E-state index contributed by atoms with van der Waals surface area (Å²) in [7, 11) is 0. The Morgan fingerprint density at radius 2 is 2.16 bits per heavy atom. The molecule has 1 atom stereocenters. The normalized spacial score (nSPS) is 13.3. The van der Waals surface area contributed by atoms with E-state index in [-0.39, 0.29) is 5.92 Å². The maximum atomic E-state index is 5.86. The second-order valence-electron chi connectivity index (χ2n) is 4.45. The number of guanidine groups is 1. The largest absolute Gasteiger partial charge is 0.370 e. The Kier molecular flexibility index (Phi) is 4.52. The molecule has 4 nitrogen and oxygen atoms in total. The molecule has 0 saturated carbocycles. The molecule has 100 valence electrons. The number of thiazole rings is 1. The van der Waals surface area contributed by atoms with E-state index in [1.54, 1.807) is 11.3 Å². The summed E-state index contributed by atoms with van der Waals surface area (Å²) in [5.41, 5.74) is 7.87. The van der Waals surface area contributed by atoms with Crippen molar-refractivity contribution in [1.82, 2.24) is 4.98 Å². The highest BCUT2D eigenvalue weighted by molar-refractivity contribution is 7.09. The molecule has 1 aromatic heterocycles. The van der Waals surface area contributed by atoms with Gasteiger partial charge in [-0.15, -0.1) is 11.3 Å². The van der Waals surface area contributed by atoms with E-state index in [0.29, 0.717) is 12.5 Å². The summed E-state index contributed by atoms with van der Waals surface area (Å²) in [6, 6.07) is 9.78. The van der Waals surface area contributed by atoms with Gasteiger partial charge >= 0.3 is 0 Å². The van der Waals surface area contributed by atoms with Gasteiger partial charge in [-0.25, -0.2) is 4.98 Å². The molecule has 0 aliphatic carbocycles. The van der Waals surface area contributed by atoms with E-state index in [1.165, 1.54) is 0 Å². The molecule has 0 saturated heterocycles. The number of aryl methyl sites for hydroxylation is 1. The molecule has 2 rings (SSSR count). The number of aliphatic imine (C=N–C) groups is 1. The third-order valence-electron chi connectivity index (χ3n) is 2.64. The van der Waals surface area contributed by atoms with Crippen molar-refractivity contribution in [3.8, 4) is 0 Å².